The molecule has 0 aliphatic carbocycles. The lowest BCUT2D eigenvalue weighted by atomic mass is 10.1. The number of fused-ring (bicyclic) bond motifs is 1. The van der Waals surface area contributed by atoms with Crippen LogP contribution in [0, 0.1) is 11.3 Å². The van der Waals surface area contributed by atoms with E-state index in [9.17, 15) is 14.7 Å². The Kier molecular flexibility index (Phi) is 5.76. The number of imidazole rings is 1. The lowest BCUT2D eigenvalue weighted by molar-refractivity contribution is 0.0996. The maximum atomic E-state index is 12.7. The summed E-state index contributed by atoms with van der Waals surface area (Å²) >= 11 is 0. The molecule has 0 saturated heterocycles. The van der Waals surface area contributed by atoms with Crippen LogP contribution < -0.4 is 10.9 Å². The van der Waals surface area contributed by atoms with Gasteiger partial charge in [-0.05, 0) is 49.7 Å². The fourth-order valence-electron chi connectivity index (χ4n) is 3.07. The number of nitrogens with zero attached hydrogens (tertiary/aromatic N) is 3. The molecule has 0 fully saturated rings. The molecule has 1 aromatic heterocycles. The second-order valence-corrected chi connectivity index (χ2v) is 6.45. The largest absolute Gasteiger partial charge is 0.465 e. The van der Waals surface area contributed by atoms with E-state index in [0.29, 0.717) is 28.7 Å². The van der Waals surface area contributed by atoms with Crippen molar-refractivity contribution in [2.45, 2.75) is 19.4 Å². The lowest BCUT2D eigenvalue weighted by Crippen LogP contribution is -2.24. The number of carbonyl (C=O) groups is 2. The zero-order valence-corrected chi connectivity index (χ0v) is 15.6. The van der Waals surface area contributed by atoms with Gasteiger partial charge in [-0.25, -0.2) is 4.79 Å². The average Bonchev–Trinajstić information content (AvgIpc) is 3.04. The molecule has 0 saturated carbocycles. The molecule has 29 heavy (non-hydrogen) atoms. The van der Waals surface area contributed by atoms with Crippen LogP contribution in [0.5, 0.6) is 0 Å². The number of aliphatic hydroxyl groups excluding tert-OH is 1. The normalized spacial score (nSPS) is 12.5. The summed E-state index contributed by atoms with van der Waals surface area (Å²) in [4.78, 5) is 30.8. The van der Waals surface area contributed by atoms with Gasteiger partial charge in [0, 0.05) is 23.9 Å². The van der Waals surface area contributed by atoms with E-state index >= 15 is 0 Å². The number of benzene rings is 2. The molecule has 3 rings (SSSR count). The minimum atomic E-state index is -1.19. The van der Waals surface area contributed by atoms with Crippen LogP contribution in [0.15, 0.2) is 47.5 Å². The van der Waals surface area contributed by atoms with Crippen LogP contribution in [0.1, 0.15) is 35.3 Å². The number of aliphatic hydroxyl groups is 1. The Labute approximate surface area is 165 Å². The summed E-state index contributed by atoms with van der Waals surface area (Å²) in [5, 5.41) is 29.5. The molecule has 0 spiro atoms. The number of nitriles is 1. The van der Waals surface area contributed by atoms with E-state index in [0.717, 1.165) is 0 Å². The molecule has 0 radical (unpaired) electrons. The Balaban J connectivity index is 2.14. The number of rotatable bonds is 5. The third-order valence-corrected chi connectivity index (χ3v) is 4.42. The van der Waals surface area contributed by atoms with Crippen molar-refractivity contribution < 1.29 is 19.8 Å². The number of hydrogen-bond donors (Lipinski definition) is 4. The highest BCUT2D eigenvalue weighted by Crippen LogP contribution is 2.21. The molecular formula is C20H19N5O4. The molecule has 0 bridgehead atoms. The predicted molar refractivity (Wildman–Crippen MR) is 105 cm³/mol. The maximum absolute atomic E-state index is 12.7. The summed E-state index contributed by atoms with van der Waals surface area (Å²) in [5.74, 6) is -0.525. The van der Waals surface area contributed by atoms with E-state index < -0.39 is 12.0 Å². The number of anilines is 1. The van der Waals surface area contributed by atoms with E-state index in [1.165, 1.54) is 6.07 Å². The molecule has 9 nitrogen and oxygen atoms in total. The van der Waals surface area contributed by atoms with Crippen molar-refractivity contribution in [3.8, 4) is 6.07 Å². The number of carboxylic acid groups (broad SMARTS) is 1. The van der Waals surface area contributed by atoms with Crippen LogP contribution in [0.25, 0.3) is 11.0 Å². The molecule has 1 unspecified atom stereocenters. The van der Waals surface area contributed by atoms with Crippen molar-refractivity contribution in [2.75, 3.05) is 11.9 Å². The number of nitrogens with one attached hydrogen (secondary N) is 2. The van der Waals surface area contributed by atoms with Crippen LogP contribution in [0.3, 0.4) is 0 Å². The number of amides is 2. The molecule has 9 heteroatoms. The Morgan fingerprint density at radius 1 is 1.31 bits per heavy atom. The van der Waals surface area contributed by atoms with Crippen LogP contribution in [-0.2, 0) is 0 Å². The van der Waals surface area contributed by atoms with Gasteiger partial charge in [-0.2, -0.15) is 10.3 Å². The second-order valence-electron chi connectivity index (χ2n) is 6.45. The van der Waals surface area contributed by atoms with Gasteiger partial charge in [0.1, 0.15) is 0 Å². The van der Waals surface area contributed by atoms with Gasteiger partial charge in [-0.3, -0.25) is 10.1 Å². The molecule has 4 N–H and O–H groups in total. The highest BCUT2D eigenvalue weighted by atomic mass is 16.4. The van der Waals surface area contributed by atoms with E-state index in [2.05, 4.69) is 15.3 Å². The molecule has 1 heterocycles. The van der Waals surface area contributed by atoms with Gasteiger partial charge in [-0.15, -0.1) is 0 Å². The highest BCUT2D eigenvalue weighted by molar-refractivity contribution is 5.95. The minimum Gasteiger partial charge on any atom is -0.465 e. The highest BCUT2D eigenvalue weighted by Gasteiger charge is 2.14. The molecule has 1 atom stereocenters. The average molecular weight is 393 g/mol. The summed E-state index contributed by atoms with van der Waals surface area (Å²) in [6.45, 7) is 1.84. The number of carbonyl (C=O) groups excluding carboxylic acids is 1. The van der Waals surface area contributed by atoms with Gasteiger partial charge in [-0.1, -0.05) is 6.07 Å². The number of H-pyrrole nitrogens is 1. The molecule has 0 aliphatic rings. The Hall–Kier alpha value is -3.90. The standard InChI is InChI=1S/C20H19N5O4/c1-12(7-8-26)25-17-6-5-15(22-20(28)29)10-16(17)23-19(25)24-18(27)14-4-2-3-13(9-14)11-21/h2-6,9-10,12,22,26H,7-8H2,1H3,(H,28,29)(H,23,24,27). The first-order chi connectivity index (χ1) is 13.9. The molecule has 2 aromatic carbocycles. The smallest absolute Gasteiger partial charge is 0.409 e. The second kappa shape index (κ2) is 8.41. The summed E-state index contributed by atoms with van der Waals surface area (Å²) in [6, 6.07) is 13.0. The number of aromatic nitrogens is 2. The Morgan fingerprint density at radius 3 is 2.79 bits per heavy atom. The zero-order valence-electron chi connectivity index (χ0n) is 15.6. The monoisotopic (exact) mass is 393 g/mol. The SMILES string of the molecule is CC(CCO)n1/c(=N/C(=O)c2cccc(C#N)c2)[nH]c2cc(NC(=O)O)ccc21. The van der Waals surface area contributed by atoms with E-state index in [-0.39, 0.29) is 23.8 Å². The van der Waals surface area contributed by atoms with E-state index in [4.69, 9.17) is 10.4 Å². The van der Waals surface area contributed by atoms with Crippen LogP contribution >= 0.6 is 0 Å². The van der Waals surface area contributed by atoms with Gasteiger partial charge in [0.15, 0.2) is 0 Å². The van der Waals surface area contributed by atoms with E-state index in [1.807, 2.05) is 13.0 Å². The molecule has 2 amide bonds. The van der Waals surface area contributed by atoms with Crippen molar-refractivity contribution in [3.05, 3.63) is 59.2 Å². The van der Waals surface area contributed by atoms with Gasteiger partial charge in [0.05, 0.1) is 22.7 Å². The van der Waals surface area contributed by atoms with Crippen molar-refractivity contribution >= 4 is 28.7 Å². The first-order valence-electron chi connectivity index (χ1n) is 8.87. The van der Waals surface area contributed by atoms with Gasteiger partial charge in [0.2, 0.25) is 5.62 Å². The first-order valence-corrected chi connectivity index (χ1v) is 8.87. The van der Waals surface area contributed by atoms with Crippen molar-refractivity contribution in [2.24, 2.45) is 4.99 Å². The van der Waals surface area contributed by atoms with Crippen LogP contribution in [0.4, 0.5) is 10.5 Å². The third-order valence-electron chi connectivity index (χ3n) is 4.42. The molecule has 3 aromatic rings. The number of hydrogen-bond acceptors (Lipinski definition) is 4. The van der Waals surface area contributed by atoms with Gasteiger partial charge < -0.3 is 19.8 Å². The quantitative estimate of drug-likeness (QED) is 0.527. The number of aromatic amines is 1. The van der Waals surface area contributed by atoms with Crippen LogP contribution in [-0.4, -0.2) is 38.4 Å². The first kappa shape index (κ1) is 19.9. The zero-order chi connectivity index (χ0) is 21.0. The molecular weight excluding hydrogens is 374 g/mol. The minimum absolute atomic E-state index is 0.0445. The molecule has 0 aliphatic heterocycles. The van der Waals surface area contributed by atoms with Crippen LogP contribution in [0.2, 0.25) is 0 Å². The van der Waals surface area contributed by atoms with Gasteiger partial charge >= 0.3 is 6.09 Å². The van der Waals surface area contributed by atoms with E-state index in [1.54, 1.807) is 41.0 Å². The fourth-order valence-corrected chi connectivity index (χ4v) is 3.07. The summed E-state index contributed by atoms with van der Waals surface area (Å²) in [5.41, 5.74) is 2.55. The van der Waals surface area contributed by atoms with Crippen molar-refractivity contribution in [3.63, 3.8) is 0 Å². The summed E-state index contributed by atoms with van der Waals surface area (Å²) < 4.78 is 1.78. The lowest BCUT2D eigenvalue weighted by Gasteiger charge is -2.13. The third kappa shape index (κ3) is 4.34. The topological polar surface area (TPSA) is 143 Å². The predicted octanol–water partition coefficient (Wildman–Crippen LogP) is 2.62. The fraction of sp³-hybridized carbons (Fsp3) is 0.200. The summed E-state index contributed by atoms with van der Waals surface area (Å²) in [7, 11) is 0. The van der Waals surface area contributed by atoms with Crippen molar-refractivity contribution in [1.82, 2.24) is 9.55 Å². The Bertz CT molecular complexity index is 1190. The van der Waals surface area contributed by atoms with Crippen molar-refractivity contribution in [1.29, 1.82) is 5.26 Å². The summed E-state index contributed by atoms with van der Waals surface area (Å²) in [6.07, 6.45) is -0.747. The van der Waals surface area contributed by atoms with Gasteiger partial charge in [0.25, 0.3) is 5.91 Å². The maximum Gasteiger partial charge on any atom is 0.409 e. The molecule has 148 valence electrons. The Morgan fingerprint density at radius 2 is 2.10 bits per heavy atom.